The Hall–Kier alpha value is -1.40. The van der Waals surface area contributed by atoms with E-state index >= 15 is 0 Å². The highest BCUT2D eigenvalue weighted by atomic mass is 16.5. The van der Waals surface area contributed by atoms with Gasteiger partial charge in [-0.05, 0) is 39.2 Å². The molecule has 1 N–H and O–H groups in total. The number of ether oxygens (including phenoxy) is 1. The number of piperidine rings is 1. The molecule has 0 aliphatic carbocycles. The fourth-order valence-electron chi connectivity index (χ4n) is 2.83. The van der Waals surface area contributed by atoms with Gasteiger partial charge in [-0.2, -0.15) is 0 Å². The number of hydrogen-bond donors (Lipinski definition) is 1. The van der Waals surface area contributed by atoms with Gasteiger partial charge in [0.2, 0.25) is 0 Å². The van der Waals surface area contributed by atoms with Crippen LogP contribution >= 0.6 is 0 Å². The maximum Gasteiger partial charge on any atom is 0.309 e. The van der Waals surface area contributed by atoms with Gasteiger partial charge in [-0.15, -0.1) is 0 Å². The summed E-state index contributed by atoms with van der Waals surface area (Å²) in [5, 5.41) is 13.4. The van der Waals surface area contributed by atoms with Crippen molar-refractivity contribution in [2.45, 2.75) is 39.8 Å². The Morgan fingerprint density at radius 1 is 1.62 bits per heavy atom. The molecule has 0 bridgehead atoms. The number of aromatic nitrogens is 1. The van der Waals surface area contributed by atoms with Crippen LogP contribution < -0.4 is 0 Å². The minimum atomic E-state index is -0.724. The third-order valence-corrected chi connectivity index (χ3v) is 4.36. The predicted molar refractivity (Wildman–Crippen MR) is 76.6 cm³/mol. The van der Waals surface area contributed by atoms with Gasteiger partial charge in [-0.3, -0.25) is 9.69 Å². The van der Waals surface area contributed by atoms with Crippen molar-refractivity contribution in [3.05, 3.63) is 17.5 Å². The fraction of sp³-hybridized carbons (Fsp3) is 0.733. The first kappa shape index (κ1) is 16.0. The average molecular weight is 296 g/mol. The Morgan fingerprint density at radius 3 is 3.05 bits per heavy atom. The lowest BCUT2D eigenvalue weighted by Crippen LogP contribution is -2.44. The minimum absolute atomic E-state index is 0.161. The summed E-state index contributed by atoms with van der Waals surface area (Å²) < 4.78 is 10.2. The molecule has 2 rings (SSSR count). The summed E-state index contributed by atoms with van der Waals surface area (Å²) in [7, 11) is 1.62. The zero-order chi connectivity index (χ0) is 15.5. The molecule has 1 aromatic heterocycles. The van der Waals surface area contributed by atoms with Crippen LogP contribution in [0.5, 0.6) is 0 Å². The van der Waals surface area contributed by atoms with Gasteiger partial charge in [-0.1, -0.05) is 5.16 Å². The molecule has 1 aromatic rings. The van der Waals surface area contributed by atoms with Gasteiger partial charge in [0.05, 0.1) is 11.1 Å². The summed E-state index contributed by atoms with van der Waals surface area (Å²) in [5.74, 6) is 0.152. The number of rotatable bonds is 6. The van der Waals surface area contributed by atoms with Gasteiger partial charge < -0.3 is 14.4 Å². The molecule has 0 radical (unpaired) electrons. The second kappa shape index (κ2) is 6.58. The van der Waals surface area contributed by atoms with Gasteiger partial charge in [0.25, 0.3) is 0 Å². The van der Waals surface area contributed by atoms with Gasteiger partial charge in [0, 0.05) is 26.3 Å². The Bertz CT molecular complexity index is 484. The molecule has 0 saturated carbocycles. The first-order valence-corrected chi connectivity index (χ1v) is 7.32. The van der Waals surface area contributed by atoms with Crippen LogP contribution in [-0.2, 0) is 22.7 Å². The third-order valence-electron chi connectivity index (χ3n) is 4.36. The number of carboxylic acid groups (broad SMARTS) is 1. The molecular formula is C15H24N2O4. The minimum Gasteiger partial charge on any atom is -0.481 e. The Labute approximate surface area is 125 Å². The standard InChI is InChI=1S/C15H24N2O4/c1-15(2,14(18)19)11-5-4-6-17(8-11)9-12-7-13(10-20-3)21-16-12/h7,11H,4-6,8-10H2,1-3H3,(H,18,19). The van der Waals surface area contributed by atoms with E-state index in [9.17, 15) is 9.90 Å². The zero-order valence-corrected chi connectivity index (χ0v) is 13.0. The quantitative estimate of drug-likeness (QED) is 0.867. The molecule has 1 saturated heterocycles. The Kier molecular flexibility index (Phi) is 5.00. The highest BCUT2D eigenvalue weighted by Crippen LogP contribution is 2.34. The van der Waals surface area contributed by atoms with Crippen LogP contribution in [0.15, 0.2) is 10.6 Å². The number of carbonyl (C=O) groups is 1. The van der Waals surface area contributed by atoms with Crippen molar-refractivity contribution in [1.82, 2.24) is 10.1 Å². The SMILES string of the molecule is COCc1cc(CN2CCCC(C(C)(C)C(=O)O)C2)no1. The second-order valence-corrected chi connectivity index (χ2v) is 6.32. The second-order valence-electron chi connectivity index (χ2n) is 6.32. The molecule has 1 fully saturated rings. The van der Waals surface area contributed by atoms with Crippen molar-refractivity contribution in [2.75, 3.05) is 20.2 Å². The first-order valence-electron chi connectivity index (χ1n) is 7.32. The lowest BCUT2D eigenvalue weighted by molar-refractivity contribution is -0.151. The zero-order valence-electron chi connectivity index (χ0n) is 13.0. The number of nitrogens with zero attached hydrogens (tertiary/aromatic N) is 2. The van der Waals surface area contributed by atoms with Crippen molar-refractivity contribution < 1.29 is 19.2 Å². The van der Waals surface area contributed by atoms with Gasteiger partial charge in [-0.25, -0.2) is 0 Å². The van der Waals surface area contributed by atoms with E-state index in [0.717, 1.165) is 31.6 Å². The fourth-order valence-corrected chi connectivity index (χ4v) is 2.83. The molecule has 21 heavy (non-hydrogen) atoms. The molecule has 1 atom stereocenters. The van der Waals surface area contributed by atoms with Crippen molar-refractivity contribution in [1.29, 1.82) is 0 Å². The van der Waals surface area contributed by atoms with Gasteiger partial charge in [0.1, 0.15) is 6.61 Å². The molecule has 118 valence electrons. The van der Waals surface area contributed by atoms with Gasteiger partial charge in [0.15, 0.2) is 5.76 Å². The summed E-state index contributed by atoms with van der Waals surface area (Å²) in [4.78, 5) is 13.7. The molecule has 2 heterocycles. The van der Waals surface area contributed by atoms with E-state index in [1.807, 2.05) is 19.9 Å². The molecule has 0 amide bonds. The lowest BCUT2D eigenvalue weighted by Gasteiger charge is -2.38. The van der Waals surface area contributed by atoms with Crippen molar-refractivity contribution in [2.24, 2.45) is 11.3 Å². The summed E-state index contributed by atoms with van der Waals surface area (Å²) in [5.41, 5.74) is 0.180. The topological polar surface area (TPSA) is 75.8 Å². The van der Waals surface area contributed by atoms with Crippen LogP contribution in [0.2, 0.25) is 0 Å². The van der Waals surface area contributed by atoms with Crippen LogP contribution in [0.25, 0.3) is 0 Å². The Morgan fingerprint density at radius 2 is 2.38 bits per heavy atom. The predicted octanol–water partition coefficient (Wildman–Crippen LogP) is 2.14. The normalized spacial score (nSPS) is 20.6. The van der Waals surface area contributed by atoms with Crippen molar-refractivity contribution in [3.63, 3.8) is 0 Å². The number of likely N-dealkylation sites (tertiary alicyclic amines) is 1. The van der Waals surface area contributed by atoms with E-state index in [0.29, 0.717) is 18.9 Å². The van der Waals surface area contributed by atoms with E-state index < -0.39 is 11.4 Å². The van der Waals surface area contributed by atoms with Crippen molar-refractivity contribution >= 4 is 5.97 Å². The van der Waals surface area contributed by atoms with Gasteiger partial charge >= 0.3 is 5.97 Å². The lowest BCUT2D eigenvalue weighted by atomic mass is 9.74. The number of methoxy groups -OCH3 is 1. The highest BCUT2D eigenvalue weighted by Gasteiger charge is 2.39. The van der Waals surface area contributed by atoms with Crippen LogP contribution in [-0.4, -0.2) is 41.3 Å². The van der Waals surface area contributed by atoms with Crippen LogP contribution in [0, 0.1) is 11.3 Å². The van der Waals surface area contributed by atoms with E-state index in [4.69, 9.17) is 9.26 Å². The van der Waals surface area contributed by atoms with E-state index in [1.165, 1.54) is 0 Å². The molecular weight excluding hydrogens is 272 g/mol. The van der Waals surface area contributed by atoms with E-state index in [-0.39, 0.29) is 5.92 Å². The molecule has 6 nitrogen and oxygen atoms in total. The maximum absolute atomic E-state index is 11.4. The summed E-state index contributed by atoms with van der Waals surface area (Å²) in [6.45, 7) is 6.50. The van der Waals surface area contributed by atoms with Crippen LogP contribution in [0.4, 0.5) is 0 Å². The largest absolute Gasteiger partial charge is 0.481 e. The Balaban J connectivity index is 1.96. The maximum atomic E-state index is 11.4. The number of aliphatic carboxylic acids is 1. The number of carboxylic acids is 1. The molecule has 1 unspecified atom stereocenters. The van der Waals surface area contributed by atoms with E-state index in [1.54, 1.807) is 7.11 Å². The smallest absolute Gasteiger partial charge is 0.309 e. The average Bonchev–Trinajstić information content (AvgIpc) is 2.86. The molecule has 1 aliphatic rings. The monoisotopic (exact) mass is 296 g/mol. The third kappa shape index (κ3) is 3.83. The molecule has 1 aliphatic heterocycles. The van der Waals surface area contributed by atoms with Crippen molar-refractivity contribution in [3.8, 4) is 0 Å². The molecule has 0 spiro atoms. The first-order chi connectivity index (χ1) is 9.93. The summed E-state index contributed by atoms with van der Waals surface area (Å²) in [6, 6.07) is 1.90. The summed E-state index contributed by atoms with van der Waals surface area (Å²) in [6.07, 6.45) is 1.98. The summed E-state index contributed by atoms with van der Waals surface area (Å²) >= 11 is 0. The highest BCUT2D eigenvalue weighted by molar-refractivity contribution is 5.74. The number of hydrogen-bond acceptors (Lipinski definition) is 5. The van der Waals surface area contributed by atoms with E-state index in [2.05, 4.69) is 10.1 Å². The van der Waals surface area contributed by atoms with Crippen LogP contribution in [0.1, 0.15) is 38.1 Å². The molecule has 0 aromatic carbocycles. The van der Waals surface area contributed by atoms with Crippen LogP contribution in [0.3, 0.4) is 0 Å². The molecule has 6 heteroatoms.